The number of nitrogens with one attached hydrogen (secondary N) is 2. The number of carbonyl (C=O) groups is 2. The first-order valence-corrected chi connectivity index (χ1v) is 11.0. The van der Waals surface area contributed by atoms with Gasteiger partial charge in [-0.1, -0.05) is 0 Å². The van der Waals surface area contributed by atoms with E-state index in [-0.39, 0.29) is 17.7 Å². The van der Waals surface area contributed by atoms with Crippen LogP contribution in [0.15, 0.2) is 47.5 Å². The van der Waals surface area contributed by atoms with Gasteiger partial charge in [0.15, 0.2) is 11.5 Å². The minimum atomic E-state index is -4.03. The number of ether oxygens (including phenoxy) is 2. The molecule has 0 saturated carbocycles. The van der Waals surface area contributed by atoms with Gasteiger partial charge in [-0.2, -0.15) is 0 Å². The Labute approximate surface area is 184 Å². The number of urea groups is 1. The summed E-state index contributed by atoms with van der Waals surface area (Å²) >= 11 is 0. The van der Waals surface area contributed by atoms with Crippen molar-refractivity contribution in [3.8, 4) is 11.5 Å². The molecule has 2 aromatic carbocycles. The number of methoxy groups -OCH3 is 2. The van der Waals surface area contributed by atoms with Crippen LogP contribution in [-0.4, -0.2) is 50.8 Å². The second-order valence-corrected chi connectivity index (χ2v) is 8.62. The molecule has 0 aliphatic carbocycles. The first-order chi connectivity index (χ1) is 15.2. The number of nitrogens with zero attached hydrogens (tertiary/aromatic N) is 1. The van der Waals surface area contributed by atoms with Crippen LogP contribution in [-0.2, 0) is 21.2 Å². The molecule has 0 saturated heterocycles. The van der Waals surface area contributed by atoms with Crippen LogP contribution in [0.1, 0.15) is 12.0 Å². The van der Waals surface area contributed by atoms with Gasteiger partial charge in [-0.3, -0.25) is 4.79 Å². The van der Waals surface area contributed by atoms with Crippen LogP contribution in [0.4, 0.5) is 10.5 Å². The lowest BCUT2D eigenvalue weighted by Gasteiger charge is -2.11. The number of carboxylic acids is 1. The molecule has 0 spiro atoms. The van der Waals surface area contributed by atoms with Gasteiger partial charge >= 0.3 is 12.0 Å². The Morgan fingerprint density at radius 3 is 2.25 bits per heavy atom. The summed E-state index contributed by atoms with van der Waals surface area (Å²) in [5.41, 5.74) is 1.30. The number of amides is 2. The maximum atomic E-state index is 13.4. The summed E-state index contributed by atoms with van der Waals surface area (Å²) in [7, 11) is 0.335. The number of aryl methyl sites for hydroxylation is 1. The summed E-state index contributed by atoms with van der Waals surface area (Å²) in [5, 5.41) is 14.6. The van der Waals surface area contributed by atoms with E-state index in [4.69, 9.17) is 14.6 Å². The highest BCUT2D eigenvalue weighted by atomic mass is 32.2. The zero-order chi connectivity index (χ0) is 23.5. The molecular weight excluding hydrogens is 438 g/mol. The van der Waals surface area contributed by atoms with Crippen molar-refractivity contribution in [2.24, 2.45) is 0 Å². The zero-order valence-electron chi connectivity index (χ0n) is 17.7. The second-order valence-electron chi connectivity index (χ2n) is 6.80. The van der Waals surface area contributed by atoms with Gasteiger partial charge in [0.2, 0.25) is 0 Å². The number of fused-ring (bicyclic) bond motifs is 1. The van der Waals surface area contributed by atoms with E-state index in [9.17, 15) is 18.0 Å². The smallest absolute Gasteiger partial charge is 0.318 e. The Bertz CT molecular complexity index is 1260. The highest BCUT2D eigenvalue weighted by Gasteiger charge is 2.23. The lowest BCUT2D eigenvalue weighted by molar-refractivity contribution is -0.136. The fourth-order valence-corrected chi connectivity index (χ4v) is 4.63. The highest BCUT2D eigenvalue weighted by molar-refractivity contribution is 7.90. The minimum Gasteiger partial charge on any atom is -0.493 e. The van der Waals surface area contributed by atoms with Crippen molar-refractivity contribution in [2.75, 3.05) is 26.6 Å². The highest BCUT2D eigenvalue weighted by Crippen LogP contribution is 2.36. The molecular formula is C21H23N3O7S. The van der Waals surface area contributed by atoms with Gasteiger partial charge in [-0.25, -0.2) is 17.2 Å². The fourth-order valence-electron chi connectivity index (χ4n) is 3.25. The molecule has 3 aromatic rings. The first kappa shape index (κ1) is 22.9. The Morgan fingerprint density at radius 1 is 1.06 bits per heavy atom. The largest absolute Gasteiger partial charge is 0.493 e. The van der Waals surface area contributed by atoms with Gasteiger partial charge in [0.25, 0.3) is 10.0 Å². The number of carbonyl (C=O) groups excluding carboxylic acids is 1. The van der Waals surface area contributed by atoms with Crippen molar-refractivity contribution in [1.82, 2.24) is 9.29 Å². The number of hydrogen-bond donors (Lipinski definition) is 3. The molecule has 0 aliphatic heterocycles. The van der Waals surface area contributed by atoms with E-state index in [1.807, 2.05) is 0 Å². The lowest BCUT2D eigenvalue weighted by Crippen LogP contribution is -2.24. The molecule has 170 valence electrons. The molecule has 3 rings (SSSR count). The van der Waals surface area contributed by atoms with Crippen LogP contribution in [0.5, 0.6) is 11.5 Å². The lowest BCUT2D eigenvalue weighted by atomic mass is 10.1. The number of hydrogen-bond acceptors (Lipinski definition) is 6. The maximum Gasteiger partial charge on any atom is 0.318 e. The van der Waals surface area contributed by atoms with Crippen molar-refractivity contribution in [3.63, 3.8) is 0 Å². The molecule has 3 N–H and O–H groups in total. The molecule has 0 fully saturated rings. The van der Waals surface area contributed by atoms with E-state index in [1.54, 1.807) is 6.07 Å². The molecule has 0 radical (unpaired) electrons. The third-order valence-electron chi connectivity index (χ3n) is 4.86. The molecule has 32 heavy (non-hydrogen) atoms. The Balaban J connectivity index is 2.13. The number of anilines is 1. The molecule has 0 aliphatic rings. The molecule has 2 amide bonds. The summed E-state index contributed by atoms with van der Waals surface area (Å²) in [5.74, 6) is -0.255. The number of benzene rings is 2. The van der Waals surface area contributed by atoms with Crippen LogP contribution < -0.4 is 20.1 Å². The third-order valence-corrected chi connectivity index (χ3v) is 6.55. The molecule has 0 bridgehead atoms. The van der Waals surface area contributed by atoms with Gasteiger partial charge in [0.05, 0.1) is 24.6 Å². The predicted octanol–water partition coefficient (Wildman–Crippen LogP) is 2.66. The monoisotopic (exact) mass is 461 g/mol. The van der Waals surface area contributed by atoms with Gasteiger partial charge in [-0.15, -0.1) is 0 Å². The minimum absolute atomic E-state index is 0.00331. The van der Waals surface area contributed by atoms with Crippen LogP contribution >= 0.6 is 0 Å². The molecule has 11 heteroatoms. The van der Waals surface area contributed by atoms with Crippen molar-refractivity contribution in [1.29, 1.82) is 0 Å². The van der Waals surface area contributed by atoms with E-state index >= 15 is 0 Å². The fraction of sp³-hybridized carbons (Fsp3) is 0.238. The van der Waals surface area contributed by atoms with E-state index in [2.05, 4.69) is 10.6 Å². The summed E-state index contributed by atoms with van der Waals surface area (Å²) in [6.45, 7) is 0. The van der Waals surface area contributed by atoms with E-state index in [1.165, 1.54) is 57.8 Å². The molecule has 1 heterocycles. The average molecular weight is 461 g/mol. The predicted molar refractivity (Wildman–Crippen MR) is 118 cm³/mol. The number of carboxylic acid groups (broad SMARTS) is 1. The average Bonchev–Trinajstić information content (AvgIpc) is 3.15. The Hall–Kier alpha value is -3.73. The second kappa shape index (κ2) is 9.18. The van der Waals surface area contributed by atoms with Crippen molar-refractivity contribution >= 4 is 38.6 Å². The van der Waals surface area contributed by atoms with Crippen molar-refractivity contribution < 1.29 is 32.6 Å². The van der Waals surface area contributed by atoms with Crippen molar-refractivity contribution in [2.45, 2.75) is 17.7 Å². The standard InChI is InChI=1S/C21H23N3O7S/c1-22-21(27)23-14-5-7-15(8-6-14)32(28,29)24-12-13(4-9-20(25)26)16-10-18(30-2)19(31-3)11-17(16)24/h5-8,10-12H,4,9H2,1-3H3,(H,25,26)(H2,22,23,27). The summed E-state index contributed by atoms with van der Waals surface area (Å²) in [6.07, 6.45) is 1.39. The number of aliphatic carboxylic acids is 1. The topological polar surface area (TPSA) is 136 Å². The summed E-state index contributed by atoms with van der Waals surface area (Å²) < 4.78 is 38.6. The van der Waals surface area contributed by atoms with Crippen molar-refractivity contribution in [3.05, 3.63) is 48.2 Å². The third kappa shape index (κ3) is 4.47. The van der Waals surface area contributed by atoms with Crippen LogP contribution in [0.2, 0.25) is 0 Å². The first-order valence-electron chi connectivity index (χ1n) is 9.53. The summed E-state index contributed by atoms with van der Waals surface area (Å²) in [6, 6.07) is 8.45. The van der Waals surface area contributed by atoms with E-state index in [0.29, 0.717) is 33.7 Å². The summed E-state index contributed by atoms with van der Waals surface area (Å²) in [4.78, 5) is 22.5. The molecule has 1 aromatic heterocycles. The Kier molecular flexibility index (Phi) is 6.58. The SMILES string of the molecule is CNC(=O)Nc1ccc(S(=O)(=O)n2cc(CCC(=O)O)c3cc(OC)c(OC)cc32)cc1. The normalized spacial score (nSPS) is 11.2. The van der Waals surface area contributed by atoms with Gasteiger partial charge < -0.3 is 25.2 Å². The van der Waals surface area contributed by atoms with Crippen LogP contribution in [0.25, 0.3) is 10.9 Å². The molecule has 0 unspecified atom stereocenters. The zero-order valence-corrected chi connectivity index (χ0v) is 18.5. The van der Waals surface area contributed by atoms with Gasteiger partial charge in [0, 0.05) is 36.8 Å². The number of rotatable bonds is 8. The quantitative estimate of drug-likeness (QED) is 0.469. The van der Waals surface area contributed by atoms with Crippen LogP contribution in [0.3, 0.4) is 0 Å². The molecule has 10 nitrogen and oxygen atoms in total. The Morgan fingerprint density at radius 2 is 1.69 bits per heavy atom. The maximum absolute atomic E-state index is 13.4. The molecule has 0 atom stereocenters. The van der Waals surface area contributed by atoms with E-state index < -0.39 is 22.0 Å². The van der Waals surface area contributed by atoms with Crippen LogP contribution in [0, 0.1) is 0 Å². The van der Waals surface area contributed by atoms with Gasteiger partial charge in [-0.05, 0) is 42.3 Å². The number of aromatic nitrogens is 1. The van der Waals surface area contributed by atoms with Gasteiger partial charge in [0.1, 0.15) is 0 Å². The van der Waals surface area contributed by atoms with E-state index in [0.717, 1.165) is 3.97 Å².